The van der Waals surface area contributed by atoms with Crippen LogP contribution in [0.25, 0.3) is 16.8 Å². The second-order valence-electron chi connectivity index (χ2n) is 8.36. The van der Waals surface area contributed by atoms with Gasteiger partial charge in [0.2, 0.25) is 0 Å². The molecular weight excluding hydrogens is 455 g/mol. The number of halogens is 3. The summed E-state index contributed by atoms with van der Waals surface area (Å²) in [6.45, 7) is 5.96. The summed E-state index contributed by atoms with van der Waals surface area (Å²) in [4.78, 5) is 17.4. The van der Waals surface area contributed by atoms with E-state index in [9.17, 15) is 18.0 Å². The third kappa shape index (κ3) is 5.54. The van der Waals surface area contributed by atoms with Gasteiger partial charge in [-0.05, 0) is 66.1 Å². The van der Waals surface area contributed by atoms with Gasteiger partial charge < -0.3 is 14.6 Å². The zero-order valence-electron chi connectivity index (χ0n) is 19.4. The van der Waals surface area contributed by atoms with Crippen LogP contribution in [0, 0.1) is 6.92 Å². The lowest BCUT2D eigenvalue weighted by atomic mass is 9.96. The minimum absolute atomic E-state index is 0.271. The van der Waals surface area contributed by atoms with E-state index in [4.69, 9.17) is 0 Å². The van der Waals surface area contributed by atoms with Crippen LogP contribution in [0.2, 0.25) is 0 Å². The number of amides is 1. The van der Waals surface area contributed by atoms with Crippen molar-refractivity contribution in [3.63, 3.8) is 0 Å². The van der Waals surface area contributed by atoms with Crippen LogP contribution < -0.4 is 10.1 Å². The van der Waals surface area contributed by atoms with E-state index < -0.39 is 6.36 Å². The number of hydrogen-bond donors (Lipinski definition) is 1. The number of carbonyl (C=O) groups excluding carboxylic acids is 1. The van der Waals surface area contributed by atoms with E-state index in [1.807, 2.05) is 41.1 Å². The zero-order chi connectivity index (χ0) is 25.2. The van der Waals surface area contributed by atoms with Crippen LogP contribution in [-0.4, -0.2) is 21.8 Å². The van der Waals surface area contributed by atoms with Crippen LogP contribution in [0.1, 0.15) is 41.5 Å². The second-order valence-corrected chi connectivity index (χ2v) is 8.36. The van der Waals surface area contributed by atoms with E-state index in [1.165, 1.54) is 24.3 Å². The predicted molar refractivity (Wildman–Crippen MR) is 129 cm³/mol. The van der Waals surface area contributed by atoms with Crippen molar-refractivity contribution in [2.75, 3.05) is 5.32 Å². The number of nitrogens with one attached hydrogen (secondary N) is 1. The monoisotopic (exact) mass is 479 g/mol. The molecule has 0 fully saturated rings. The molecule has 1 N–H and O–H groups in total. The fraction of sp³-hybridized carbons (Fsp3) is 0.185. The van der Waals surface area contributed by atoms with Crippen LogP contribution in [0.5, 0.6) is 5.75 Å². The summed E-state index contributed by atoms with van der Waals surface area (Å²) in [6, 6.07) is 18.3. The molecule has 0 saturated heterocycles. The molecule has 0 atom stereocenters. The molecule has 0 aliphatic heterocycles. The molecule has 35 heavy (non-hydrogen) atoms. The highest BCUT2D eigenvalue weighted by Gasteiger charge is 2.31. The van der Waals surface area contributed by atoms with Gasteiger partial charge in [-0.15, -0.1) is 13.2 Å². The van der Waals surface area contributed by atoms with E-state index in [0.29, 0.717) is 22.4 Å². The first-order valence-electron chi connectivity index (χ1n) is 11.0. The molecule has 3 aromatic carbocycles. The third-order valence-electron chi connectivity index (χ3n) is 5.57. The summed E-state index contributed by atoms with van der Waals surface area (Å²) in [7, 11) is 0. The summed E-state index contributed by atoms with van der Waals surface area (Å²) in [5.41, 5.74) is 4.19. The van der Waals surface area contributed by atoms with Gasteiger partial charge in [-0.1, -0.05) is 38.1 Å². The first kappa shape index (κ1) is 24.1. The molecule has 1 amide bonds. The Balaban J connectivity index is 1.52. The fourth-order valence-corrected chi connectivity index (χ4v) is 3.89. The lowest BCUT2D eigenvalue weighted by molar-refractivity contribution is -0.274. The zero-order valence-corrected chi connectivity index (χ0v) is 19.4. The number of alkyl halides is 3. The Labute approximate surface area is 201 Å². The maximum atomic E-state index is 13.0. The van der Waals surface area contributed by atoms with Crippen molar-refractivity contribution in [3.8, 4) is 22.6 Å². The molecule has 0 aliphatic rings. The summed E-state index contributed by atoms with van der Waals surface area (Å²) in [5.74, 6) is 0.646. The highest BCUT2D eigenvalue weighted by Crippen LogP contribution is 2.30. The van der Waals surface area contributed by atoms with Gasteiger partial charge in [0.05, 0.1) is 0 Å². The van der Waals surface area contributed by atoms with Gasteiger partial charge in [0.15, 0.2) is 0 Å². The molecule has 8 heteroatoms. The highest BCUT2D eigenvalue weighted by molar-refractivity contribution is 6.06. The van der Waals surface area contributed by atoms with Gasteiger partial charge in [-0.25, -0.2) is 4.98 Å². The van der Waals surface area contributed by atoms with Crippen molar-refractivity contribution in [3.05, 3.63) is 96.1 Å². The maximum Gasteiger partial charge on any atom is 0.573 e. The average molecular weight is 480 g/mol. The van der Waals surface area contributed by atoms with Crippen molar-refractivity contribution in [2.24, 2.45) is 0 Å². The van der Waals surface area contributed by atoms with Gasteiger partial charge in [0.1, 0.15) is 11.6 Å². The van der Waals surface area contributed by atoms with Crippen LogP contribution in [-0.2, 0) is 0 Å². The molecule has 1 heterocycles. The van der Waals surface area contributed by atoms with Crippen molar-refractivity contribution in [1.29, 1.82) is 0 Å². The summed E-state index contributed by atoms with van der Waals surface area (Å²) in [5, 5.41) is 2.91. The molecule has 180 valence electrons. The maximum absolute atomic E-state index is 13.0. The number of anilines is 1. The molecule has 0 saturated carbocycles. The van der Waals surface area contributed by atoms with Crippen molar-refractivity contribution < 1.29 is 22.7 Å². The quantitative estimate of drug-likeness (QED) is 0.320. The van der Waals surface area contributed by atoms with Crippen molar-refractivity contribution in [1.82, 2.24) is 9.55 Å². The van der Waals surface area contributed by atoms with Crippen molar-refractivity contribution in [2.45, 2.75) is 33.1 Å². The topological polar surface area (TPSA) is 56.2 Å². The lowest BCUT2D eigenvalue weighted by Gasteiger charge is -2.14. The molecular formula is C27H24F3N3O2. The Morgan fingerprint density at radius 1 is 1.00 bits per heavy atom. The SMILES string of the molecule is Cc1c(C(=O)Nc2ccc(-n3ccnc3C(C)C)cc2)cccc1-c1ccc(OC(F)(F)F)cc1. The molecule has 0 bridgehead atoms. The number of carbonyl (C=O) groups is 1. The number of imidazole rings is 1. The van der Waals surface area contributed by atoms with Gasteiger partial charge in [-0.2, -0.15) is 0 Å². The van der Waals surface area contributed by atoms with Gasteiger partial charge in [-0.3, -0.25) is 4.79 Å². The van der Waals surface area contributed by atoms with Crippen LogP contribution in [0.3, 0.4) is 0 Å². The summed E-state index contributed by atoms with van der Waals surface area (Å²) in [6.07, 6.45) is -1.08. The van der Waals surface area contributed by atoms with Gasteiger partial charge >= 0.3 is 6.36 Å². The molecule has 4 aromatic rings. The van der Waals surface area contributed by atoms with Crippen molar-refractivity contribution >= 4 is 11.6 Å². The average Bonchev–Trinajstić information content (AvgIpc) is 3.30. The van der Waals surface area contributed by atoms with Crippen LogP contribution in [0.15, 0.2) is 79.1 Å². The third-order valence-corrected chi connectivity index (χ3v) is 5.57. The molecule has 0 aliphatic carbocycles. The fourth-order valence-electron chi connectivity index (χ4n) is 3.89. The van der Waals surface area contributed by atoms with Gasteiger partial charge in [0.25, 0.3) is 5.91 Å². The molecule has 0 spiro atoms. The molecule has 0 radical (unpaired) electrons. The Kier molecular flexibility index (Phi) is 6.64. The molecule has 4 rings (SSSR count). The normalized spacial score (nSPS) is 11.5. The molecule has 0 unspecified atom stereocenters. The Hall–Kier alpha value is -4.07. The number of ether oxygens (including phenoxy) is 1. The summed E-state index contributed by atoms with van der Waals surface area (Å²) >= 11 is 0. The number of hydrogen-bond acceptors (Lipinski definition) is 3. The number of benzene rings is 3. The van der Waals surface area contributed by atoms with E-state index in [0.717, 1.165) is 17.1 Å². The summed E-state index contributed by atoms with van der Waals surface area (Å²) < 4.78 is 43.2. The number of rotatable bonds is 6. The van der Waals surface area contributed by atoms with Crippen LogP contribution >= 0.6 is 0 Å². The highest BCUT2D eigenvalue weighted by atomic mass is 19.4. The van der Waals surface area contributed by atoms with E-state index in [-0.39, 0.29) is 17.6 Å². The van der Waals surface area contributed by atoms with Crippen LogP contribution in [0.4, 0.5) is 18.9 Å². The number of aromatic nitrogens is 2. The van der Waals surface area contributed by atoms with E-state index in [2.05, 4.69) is 28.9 Å². The largest absolute Gasteiger partial charge is 0.573 e. The molecule has 5 nitrogen and oxygen atoms in total. The van der Waals surface area contributed by atoms with E-state index in [1.54, 1.807) is 25.3 Å². The first-order valence-corrected chi connectivity index (χ1v) is 11.0. The lowest BCUT2D eigenvalue weighted by Crippen LogP contribution is -2.17. The Morgan fingerprint density at radius 3 is 2.31 bits per heavy atom. The Bertz CT molecular complexity index is 1330. The molecule has 1 aromatic heterocycles. The number of nitrogens with zero attached hydrogens (tertiary/aromatic N) is 2. The smallest absolute Gasteiger partial charge is 0.406 e. The predicted octanol–water partition coefficient (Wildman–Crippen LogP) is 7.12. The second kappa shape index (κ2) is 9.66. The minimum atomic E-state index is -4.75. The minimum Gasteiger partial charge on any atom is -0.406 e. The van der Waals surface area contributed by atoms with E-state index >= 15 is 0 Å². The van der Waals surface area contributed by atoms with Gasteiger partial charge in [0, 0.05) is 35.2 Å². The Morgan fingerprint density at radius 2 is 1.69 bits per heavy atom. The first-order chi connectivity index (χ1) is 16.6. The standard InChI is InChI=1S/C27H24F3N3O2/c1-17(2)25-31-15-16-33(25)21-11-9-20(10-12-21)32-26(34)24-6-4-5-23(18(24)3)19-7-13-22(14-8-19)35-27(28,29)30/h4-17H,1-3H3,(H,32,34).